The summed E-state index contributed by atoms with van der Waals surface area (Å²) in [6.45, 7) is 11.7. The summed E-state index contributed by atoms with van der Waals surface area (Å²) in [6.07, 6.45) is 6.78. The molecule has 0 spiro atoms. The van der Waals surface area contributed by atoms with Crippen LogP contribution in [0.25, 0.3) is 0 Å². The molecule has 3 N–H and O–H groups in total. The van der Waals surface area contributed by atoms with E-state index in [-0.39, 0.29) is 11.0 Å². The first-order valence-corrected chi connectivity index (χ1v) is 8.00. The quantitative estimate of drug-likeness (QED) is 0.711. The molecule has 2 aliphatic rings. The molecule has 2 atom stereocenters. The Morgan fingerprint density at radius 1 is 1.21 bits per heavy atom. The second-order valence-corrected chi connectivity index (χ2v) is 7.38. The molecule has 2 fully saturated rings. The van der Waals surface area contributed by atoms with E-state index in [4.69, 9.17) is 10.5 Å². The molecule has 0 aromatic carbocycles. The fraction of sp³-hybridized carbons (Fsp3) is 1.00. The van der Waals surface area contributed by atoms with Crippen molar-refractivity contribution in [2.45, 2.75) is 71.4 Å². The lowest BCUT2D eigenvalue weighted by atomic mass is 9.54. The second-order valence-electron chi connectivity index (χ2n) is 7.38. The maximum absolute atomic E-state index is 6.58. The largest absolute Gasteiger partial charge is 0.378 e. The topological polar surface area (TPSA) is 47.3 Å². The first kappa shape index (κ1) is 15.3. The van der Waals surface area contributed by atoms with Crippen LogP contribution in [0, 0.1) is 10.8 Å². The summed E-state index contributed by atoms with van der Waals surface area (Å²) in [5.41, 5.74) is 7.17. The Labute approximate surface area is 118 Å². The highest BCUT2D eigenvalue weighted by atomic mass is 16.5. The van der Waals surface area contributed by atoms with Gasteiger partial charge in [-0.2, -0.15) is 0 Å². The highest BCUT2D eigenvalue weighted by Gasteiger charge is 2.58. The number of nitrogens with one attached hydrogen (secondary N) is 1. The number of hydrogen-bond acceptors (Lipinski definition) is 3. The Morgan fingerprint density at radius 3 is 2.37 bits per heavy atom. The van der Waals surface area contributed by atoms with Gasteiger partial charge in [0.25, 0.3) is 0 Å². The van der Waals surface area contributed by atoms with Crippen molar-refractivity contribution in [1.29, 1.82) is 0 Å². The first-order chi connectivity index (χ1) is 8.89. The molecule has 0 saturated heterocycles. The zero-order chi connectivity index (χ0) is 14.1. The SMILES string of the molecule is CCCC1(CNCC2(N)CC(OCC)C2(C)C)CC1. The average molecular weight is 268 g/mol. The van der Waals surface area contributed by atoms with Gasteiger partial charge in [0.2, 0.25) is 0 Å². The van der Waals surface area contributed by atoms with Crippen LogP contribution in [0.1, 0.15) is 59.8 Å². The fourth-order valence-electron chi connectivity index (χ4n) is 3.58. The van der Waals surface area contributed by atoms with Crippen molar-refractivity contribution in [3.05, 3.63) is 0 Å². The third-order valence-electron chi connectivity index (χ3n) is 5.68. The van der Waals surface area contributed by atoms with E-state index in [1.807, 2.05) is 0 Å². The van der Waals surface area contributed by atoms with Gasteiger partial charge in [0.15, 0.2) is 0 Å². The lowest BCUT2D eigenvalue weighted by molar-refractivity contribution is -0.148. The smallest absolute Gasteiger partial charge is 0.0662 e. The molecule has 2 aliphatic carbocycles. The van der Waals surface area contributed by atoms with Crippen LogP contribution >= 0.6 is 0 Å². The van der Waals surface area contributed by atoms with E-state index in [0.29, 0.717) is 11.5 Å². The lowest BCUT2D eigenvalue weighted by Crippen LogP contribution is -2.73. The summed E-state index contributed by atoms with van der Waals surface area (Å²) in [5.74, 6) is 0. The van der Waals surface area contributed by atoms with Gasteiger partial charge in [0.1, 0.15) is 0 Å². The minimum atomic E-state index is -0.102. The van der Waals surface area contributed by atoms with E-state index in [1.165, 1.54) is 25.7 Å². The summed E-state index contributed by atoms with van der Waals surface area (Å²) in [7, 11) is 0. The zero-order valence-corrected chi connectivity index (χ0v) is 13.2. The zero-order valence-electron chi connectivity index (χ0n) is 13.2. The van der Waals surface area contributed by atoms with Crippen LogP contribution in [-0.2, 0) is 4.74 Å². The van der Waals surface area contributed by atoms with Crippen molar-refractivity contribution in [2.75, 3.05) is 19.7 Å². The van der Waals surface area contributed by atoms with E-state index in [2.05, 4.69) is 33.0 Å². The Balaban J connectivity index is 1.77. The van der Waals surface area contributed by atoms with Crippen molar-refractivity contribution in [3.8, 4) is 0 Å². The molecule has 2 unspecified atom stereocenters. The molecule has 0 amide bonds. The van der Waals surface area contributed by atoms with Crippen LogP contribution in [-0.4, -0.2) is 31.3 Å². The van der Waals surface area contributed by atoms with E-state index in [1.54, 1.807) is 0 Å². The van der Waals surface area contributed by atoms with Gasteiger partial charge >= 0.3 is 0 Å². The molecule has 0 radical (unpaired) electrons. The van der Waals surface area contributed by atoms with Crippen molar-refractivity contribution in [3.63, 3.8) is 0 Å². The number of nitrogens with two attached hydrogens (primary N) is 1. The standard InChI is InChI=1S/C16H32N2O/c1-5-7-15(8-9-15)11-18-12-16(17)10-13(19-6-2)14(16,3)4/h13,18H,5-12,17H2,1-4H3. The van der Waals surface area contributed by atoms with Crippen LogP contribution in [0.5, 0.6) is 0 Å². The summed E-state index contributed by atoms with van der Waals surface area (Å²) in [5, 5.41) is 3.65. The molecule has 2 saturated carbocycles. The van der Waals surface area contributed by atoms with Gasteiger partial charge in [-0.15, -0.1) is 0 Å². The summed E-state index contributed by atoms with van der Waals surface area (Å²) >= 11 is 0. The van der Waals surface area contributed by atoms with Gasteiger partial charge < -0.3 is 15.8 Å². The molecule has 3 heteroatoms. The maximum atomic E-state index is 6.58. The van der Waals surface area contributed by atoms with Gasteiger partial charge in [-0.1, -0.05) is 27.2 Å². The monoisotopic (exact) mass is 268 g/mol. The van der Waals surface area contributed by atoms with Crippen LogP contribution in [0.2, 0.25) is 0 Å². The number of rotatable bonds is 8. The Hall–Kier alpha value is -0.120. The van der Waals surface area contributed by atoms with Crippen LogP contribution < -0.4 is 11.1 Å². The molecule has 0 aromatic rings. The van der Waals surface area contributed by atoms with E-state index in [9.17, 15) is 0 Å². The van der Waals surface area contributed by atoms with Crippen molar-refractivity contribution in [2.24, 2.45) is 16.6 Å². The van der Waals surface area contributed by atoms with E-state index >= 15 is 0 Å². The number of ether oxygens (including phenoxy) is 1. The molecule has 19 heavy (non-hydrogen) atoms. The second kappa shape index (κ2) is 5.34. The Morgan fingerprint density at radius 2 is 1.89 bits per heavy atom. The summed E-state index contributed by atoms with van der Waals surface area (Å²) in [4.78, 5) is 0. The average Bonchev–Trinajstić information content (AvgIpc) is 3.09. The van der Waals surface area contributed by atoms with E-state index in [0.717, 1.165) is 26.1 Å². The molecule has 112 valence electrons. The molecule has 0 bridgehead atoms. The van der Waals surface area contributed by atoms with Crippen LogP contribution in [0.3, 0.4) is 0 Å². The van der Waals surface area contributed by atoms with Gasteiger partial charge in [-0.3, -0.25) is 0 Å². The molecule has 3 nitrogen and oxygen atoms in total. The predicted molar refractivity (Wildman–Crippen MR) is 80.2 cm³/mol. The summed E-state index contributed by atoms with van der Waals surface area (Å²) < 4.78 is 5.78. The Kier molecular flexibility index (Phi) is 4.29. The van der Waals surface area contributed by atoms with Crippen LogP contribution in [0.15, 0.2) is 0 Å². The summed E-state index contributed by atoms with van der Waals surface area (Å²) in [6, 6.07) is 0. The minimum Gasteiger partial charge on any atom is -0.378 e. The number of hydrogen-bond donors (Lipinski definition) is 2. The third kappa shape index (κ3) is 2.84. The van der Waals surface area contributed by atoms with Gasteiger partial charge in [0.05, 0.1) is 6.10 Å². The highest BCUT2D eigenvalue weighted by Crippen LogP contribution is 2.51. The maximum Gasteiger partial charge on any atom is 0.0662 e. The van der Waals surface area contributed by atoms with Gasteiger partial charge in [0, 0.05) is 30.7 Å². The van der Waals surface area contributed by atoms with E-state index < -0.39 is 0 Å². The molecular weight excluding hydrogens is 236 g/mol. The molecule has 0 heterocycles. The normalized spacial score (nSPS) is 34.9. The predicted octanol–water partition coefficient (Wildman–Crippen LogP) is 2.69. The van der Waals surface area contributed by atoms with Crippen molar-refractivity contribution < 1.29 is 4.74 Å². The van der Waals surface area contributed by atoms with Crippen molar-refractivity contribution in [1.82, 2.24) is 5.32 Å². The lowest BCUT2D eigenvalue weighted by Gasteiger charge is -2.59. The molecule has 0 aromatic heterocycles. The van der Waals surface area contributed by atoms with Gasteiger partial charge in [-0.25, -0.2) is 0 Å². The molecular formula is C16H32N2O. The third-order valence-corrected chi connectivity index (χ3v) is 5.68. The van der Waals surface area contributed by atoms with Crippen molar-refractivity contribution >= 4 is 0 Å². The fourth-order valence-corrected chi connectivity index (χ4v) is 3.58. The minimum absolute atomic E-state index is 0.0808. The van der Waals surface area contributed by atoms with Gasteiger partial charge in [-0.05, 0) is 38.0 Å². The Bertz CT molecular complexity index is 312. The molecule has 0 aliphatic heterocycles. The van der Waals surface area contributed by atoms with Crippen LogP contribution in [0.4, 0.5) is 0 Å². The highest BCUT2D eigenvalue weighted by molar-refractivity contribution is 5.14. The molecule has 2 rings (SSSR count). The first-order valence-electron chi connectivity index (χ1n) is 8.00.